The fourth-order valence-electron chi connectivity index (χ4n) is 3.91. The Bertz CT molecular complexity index is 1110. The monoisotopic (exact) mass is 465 g/mol. The fraction of sp³-hybridized carbons (Fsp3) is 0.320. The Morgan fingerprint density at radius 1 is 1.15 bits per heavy atom. The molecule has 1 amide bonds. The average molecular weight is 466 g/mol. The second-order valence-electron chi connectivity index (χ2n) is 8.05. The van der Waals surface area contributed by atoms with E-state index in [-0.39, 0.29) is 5.91 Å². The van der Waals surface area contributed by atoms with Gasteiger partial charge in [-0.3, -0.25) is 14.5 Å². The molecule has 0 atom stereocenters. The summed E-state index contributed by atoms with van der Waals surface area (Å²) in [6.07, 6.45) is 7.13. The van der Waals surface area contributed by atoms with Crippen molar-refractivity contribution >= 4 is 17.5 Å². The van der Waals surface area contributed by atoms with Gasteiger partial charge in [-0.25, -0.2) is 0 Å². The van der Waals surface area contributed by atoms with Crippen molar-refractivity contribution in [3.05, 3.63) is 71.7 Å². The summed E-state index contributed by atoms with van der Waals surface area (Å²) in [6.45, 7) is 3.95. The molecule has 172 valence electrons. The Labute approximate surface area is 199 Å². The molecule has 0 unspecified atom stereocenters. The first-order valence-corrected chi connectivity index (χ1v) is 11.3. The number of halogens is 1. The topological polar surface area (TPSA) is 63.5 Å². The standard InChI is InChI=1S/C25H28ClN5O2/c1-29(16-17-33-2)13-3-4-23(32)30-14-15-31-22(18-30)24(19-9-11-27-12-10-19)25(28-31)20-5-7-21(26)8-6-20/h3-12H,13-18H2,1-2H3. The Balaban J connectivity index is 1.59. The minimum Gasteiger partial charge on any atom is -0.383 e. The second kappa shape index (κ2) is 10.7. The Kier molecular flexibility index (Phi) is 7.54. The number of carbonyl (C=O) groups is 1. The van der Waals surface area contributed by atoms with Gasteiger partial charge in [0.25, 0.3) is 0 Å². The largest absolute Gasteiger partial charge is 0.383 e. The number of benzene rings is 1. The summed E-state index contributed by atoms with van der Waals surface area (Å²) in [7, 11) is 3.69. The molecule has 0 saturated heterocycles. The third-order valence-corrected chi connectivity index (χ3v) is 5.98. The number of likely N-dealkylation sites (N-methyl/N-ethyl adjacent to an activating group) is 1. The summed E-state index contributed by atoms with van der Waals surface area (Å²) < 4.78 is 7.12. The number of amides is 1. The van der Waals surface area contributed by atoms with Crippen LogP contribution in [0.4, 0.5) is 0 Å². The van der Waals surface area contributed by atoms with Gasteiger partial charge in [-0.1, -0.05) is 29.8 Å². The number of rotatable bonds is 8. The summed E-state index contributed by atoms with van der Waals surface area (Å²) in [4.78, 5) is 21.1. The van der Waals surface area contributed by atoms with Crippen LogP contribution in [0.2, 0.25) is 5.02 Å². The van der Waals surface area contributed by atoms with E-state index in [2.05, 4.69) is 9.88 Å². The number of nitrogens with zero attached hydrogens (tertiary/aromatic N) is 5. The lowest BCUT2D eigenvalue weighted by Crippen LogP contribution is -2.37. The molecule has 0 aliphatic carbocycles. The molecule has 8 heteroatoms. The van der Waals surface area contributed by atoms with E-state index in [1.54, 1.807) is 25.6 Å². The van der Waals surface area contributed by atoms with Crippen LogP contribution < -0.4 is 0 Å². The molecule has 0 saturated carbocycles. The fourth-order valence-corrected chi connectivity index (χ4v) is 4.04. The van der Waals surface area contributed by atoms with Crippen molar-refractivity contribution in [3.63, 3.8) is 0 Å². The Morgan fingerprint density at radius 2 is 1.91 bits per heavy atom. The van der Waals surface area contributed by atoms with Crippen LogP contribution in [-0.2, 0) is 22.6 Å². The first-order valence-electron chi connectivity index (χ1n) is 11.0. The normalized spacial score (nSPS) is 13.6. The minimum absolute atomic E-state index is 0.0105. The number of hydrogen-bond donors (Lipinski definition) is 0. The molecule has 7 nitrogen and oxygen atoms in total. The van der Waals surface area contributed by atoms with Crippen LogP contribution in [0.1, 0.15) is 5.69 Å². The number of methoxy groups -OCH3 is 1. The molecule has 33 heavy (non-hydrogen) atoms. The number of fused-ring (bicyclic) bond motifs is 1. The van der Waals surface area contributed by atoms with Crippen molar-refractivity contribution in [2.75, 3.05) is 40.4 Å². The number of hydrogen-bond acceptors (Lipinski definition) is 5. The number of carbonyl (C=O) groups excluding carboxylic acids is 1. The van der Waals surface area contributed by atoms with E-state index in [4.69, 9.17) is 21.4 Å². The summed E-state index contributed by atoms with van der Waals surface area (Å²) >= 11 is 6.10. The molecule has 3 heterocycles. The third-order valence-electron chi connectivity index (χ3n) is 5.73. The molecule has 0 spiro atoms. The average Bonchev–Trinajstić information content (AvgIpc) is 3.22. The lowest BCUT2D eigenvalue weighted by Gasteiger charge is -2.27. The SMILES string of the molecule is COCCN(C)CC=CC(=O)N1CCn2nc(-c3ccc(Cl)cc3)c(-c3ccncc3)c2C1. The van der Waals surface area contributed by atoms with Gasteiger partial charge in [-0.15, -0.1) is 0 Å². The quantitative estimate of drug-likeness (QED) is 0.474. The maximum absolute atomic E-state index is 12.9. The van der Waals surface area contributed by atoms with Crippen molar-refractivity contribution < 1.29 is 9.53 Å². The van der Waals surface area contributed by atoms with Crippen LogP contribution in [0.15, 0.2) is 60.9 Å². The zero-order valence-corrected chi connectivity index (χ0v) is 19.7. The summed E-state index contributed by atoms with van der Waals surface area (Å²) in [6, 6.07) is 11.7. The third kappa shape index (κ3) is 5.50. The van der Waals surface area contributed by atoms with E-state index in [1.165, 1.54) is 0 Å². The van der Waals surface area contributed by atoms with E-state index >= 15 is 0 Å². The van der Waals surface area contributed by atoms with Crippen molar-refractivity contribution in [1.29, 1.82) is 0 Å². The van der Waals surface area contributed by atoms with Crippen molar-refractivity contribution in [3.8, 4) is 22.4 Å². The molecular weight excluding hydrogens is 438 g/mol. The van der Waals surface area contributed by atoms with Crippen LogP contribution in [0.5, 0.6) is 0 Å². The lowest BCUT2D eigenvalue weighted by molar-refractivity contribution is -0.127. The lowest BCUT2D eigenvalue weighted by atomic mass is 9.99. The van der Waals surface area contributed by atoms with Gasteiger partial charge in [0.1, 0.15) is 5.69 Å². The first kappa shape index (κ1) is 23.2. The summed E-state index contributed by atoms with van der Waals surface area (Å²) in [5.74, 6) is 0.0105. The minimum atomic E-state index is 0.0105. The van der Waals surface area contributed by atoms with Gasteiger partial charge < -0.3 is 14.5 Å². The van der Waals surface area contributed by atoms with E-state index in [0.29, 0.717) is 37.8 Å². The van der Waals surface area contributed by atoms with Gasteiger partial charge in [-0.2, -0.15) is 5.10 Å². The van der Waals surface area contributed by atoms with Crippen LogP contribution in [0, 0.1) is 0 Å². The summed E-state index contributed by atoms with van der Waals surface area (Å²) in [5, 5.41) is 5.60. The van der Waals surface area contributed by atoms with Gasteiger partial charge in [0, 0.05) is 61.4 Å². The van der Waals surface area contributed by atoms with Crippen LogP contribution >= 0.6 is 11.6 Å². The van der Waals surface area contributed by atoms with Gasteiger partial charge >= 0.3 is 0 Å². The molecule has 4 rings (SSSR count). The van der Waals surface area contributed by atoms with Crippen molar-refractivity contribution in [2.45, 2.75) is 13.1 Å². The molecule has 0 radical (unpaired) electrons. The highest BCUT2D eigenvalue weighted by atomic mass is 35.5. The van der Waals surface area contributed by atoms with E-state index in [0.717, 1.165) is 34.6 Å². The number of ether oxygens (including phenoxy) is 1. The molecular formula is C25H28ClN5O2. The highest BCUT2D eigenvalue weighted by Crippen LogP contribution is 2.36. The van der Waals surface area contributed by atoms with Crippen molar-refractivity contribution in [1.82, 2.24) is 24.6 Å². The van der Waals surface area contributed by atoms with E-state index in [1.807, 2.05) is 59.1 Å². The van der Waals surface area contributed by atoms with Crippen LogP contribution in [0.25, 0.3) is 22.4 Å². The Morgan fingerprint density at radius 3 is 2.64 bits per heavy atom. The smallest absolute Gasteiger partial charge is 0.246 e. The van der Waals surface area contributed by atoms with Gasteiger partial charge in [0.2, 0.25) is 5.91 Å². The van der Waals surface area contributed by atoms with Gasteiger partial charge in [0.15, 0.2) is 0 Å². The van der Waals surface area contributed by atoms with E-state index < -0.39 is 0 Å². The zero-order valence-electron chi connectivity index (χ0n) is 18.9. The molecule has 3 aromatic rings. The zero-order chi connectivity index (χ0) is 23.2. The molecule has 0 fully saturated rings. The highest BCUT2D eigenvalue weighted by molar-refractivity contribution is 6.30. The highest BCUT2D eigenvalue weighted by Gasteiger charge is 2.27. The number of aromatic nitrogens is 3. The first-order chi connectivity index (χ1) is 16.1. The van der Waals surface area contributed by atoms with Crippen LogP contribution in [-0.4, -0.2) is 70.9 Å². The molecule has 2 aromatic heterocycles. The molecule has 1 aliphatic rings. The predicted octanol–water partition coefficient (Wildman–Crippen LogP) is 3.74. The molecule has 1 aromatic carbocycles. The van der Waals surface area contributed by atoms with Gasteiger partial charge in [-0.05, 0) is 36.9 Å². The van der Waals surface area contributed by atoms with Gasteiger partial charge in [0.05, 0.1) is 25.4 Å². The maximum Gasteiger partial charge on any atom is 0.246 e. The second-order valence-corrected chi connectivity index (χ2v) is 8.49. The van der Waals surface area contributed by atoms with Crippen molar-refractivity contribution in [2.24, 2.45) is 0 Å². The summed E-state index contributed by atoms with van der Waals surface area (Å²) in [5.41, 5.74) is 4.96. The molecule has 0 bridgehead atoms. The molecule has 0 N–H and O–H groups in total. The Hall–Kier alpha value is -3.00. The predicted molar refractivity (Wildman–Crippen MR) is 130 cm³/mol. The molecule has 1 aliphatic heterocycles. The van der Waals surface area contributed by atoms with Crippen LogP contribution in [0.3, 0.4) is 0 Å². The maximum atomic E-state index is 12.9. The number of pyridine rings is 1. The van der Waals surface area contributed by atoms with E-state index in [9.17, 15) is 4.79 Å².